The largest absolute Gasteiger partial charge is 0.508 e. The maximum atomic E-state index is 15.0. The Morgan fingerprint density at radius 3 is 1.43 bits per heavy atom. The molecule has 0 unspecified atom stereocenters. The van der Waals surface area contributed by atoms with E-state index in [9.17, 15) is 53.7 Å². The molecule has 0 aliphatic rings. The van der Waals surface area contributed by atoms with Gasteiger partial charge >= 0.3 is 0 Å². The molecule has 0 bridgehead atoms. The molecular formula is C61H74ClN11O11. The zero-order valence-electron chi connectivity index (χ0n) is 46.6. The number of unbranched alkanes of at least 4 members (excludes halogenated alkanes) is 1. The molecule has 0 fully saturated rings. The molecule has 84 heavy (non-hydrogen) atoms. The van der Waals surface area contributed by atoms with Gasteiger partial charge in [0.25, 0.3) is 0 Å². The molecule has 1 aromatic heterocycles. The summed E-state index contributed by atoms with van der Waals surface area (Å²) in [6.07, 6.45) is -1.05. The molecular weight excluding hydrogens is 1100 g/mol. The third-order valence-electron chi connectivity index (χ3n) is 14.0. The first kappa shape index (κ1) is 64.5. The van der Waals surface area contributed by atoms with Crippen molar-refractivity contribution < 1.29 is 53.7 Å². The molecule has 0 aliphatic heterocycles. The molecule has 446 valence electrons. The van der Waals surface area contributed by atoms with Crippen molar-refractivity contribution in [3.63, 3.8) is 0 Å². The number of hydrogen-bond acceptors (Lipinski definition) is 13. The van der Waals surface area contributed by atoms with Crippen LogP contribution in [0.4, 0.5) is 0 Å². The lowest BCUT2D eigenvalue weighted by atomic mass is 9.99. The van der Waals surface area contributed by atoms with E-state index in [2.05, 4.69) is 42.2 Å². The molecule has 17 N–H and O–H groups in total. The number of primary amides is 1. The Balaban J connectivity index is 1.29. The number of aliphatic hydroxyl groups excluding tert-OH is 2. The third-order valence-corrected chi connectivity index (χ3v) is 14.3. The molecule has 6 rings (SSSR count). The molecule has 0 spiro atoms. The Labute approximate surface area is 491 Å². The van der Waals surface area contributed by atoms with Crippen molar-refractivity contribution >= 4 is 69.8 Å². The van der Waals surface area contributed by atoms with Gasteiger partial charge in [-0.3, -0.25) is 38.4 Å². The van der Waals surface area contributed by atoms with Crippen LogP contribution in [0.5, 0.6) is 5.75 Å². The molecule has 6 aromatic rings. The smallest absolute Gasteiger partial charge is 0.245 e. The number of nitrogens with two attached hydrogens (primary N) is 3. The van der Waals surface area contributed by atoms with Gasteiger partial charge in [-0.15, -0.1) is 0 Å². The molecule has 22 nitrogen and oxygen atoms in total. The average Bonchev–Trinajstić information content (AvgIpc) is 3.96. The van der Waals surface area contributed by atoms with Crippen molar-refractivity contribution in [2.45, 2.75) is 126 Å². The summed E-state index contributed by atoms with van der Waals surface area (Å²) in [7, 11) is 0. The number of carbonyl (C=O) groups is 8. The number of fused-ring (bicyclic) bond motifs is 1. The van der Waals surface area contributed by atoms with Gasteiger partial charge in [0.2, 0.25) is 47.3 Å². The second kappa shape index (κ2) is 31.7. The lowest BCUT2D eigenvalue weighted by Crippen LogP contribution is -2.62. The van der Waals surface area contributed by atoms with E-state index in [0.29, 0.717) is 44.6 Å². The number of H-pyrrole nitrogens is 1. The van der Waals surface area contributed by atoms with E-state index in [1.54, 1.807) is 79.0 Å². The van der Waals surface area contributed by atoms with Crippen molar-refractivity contribution in [1.82, 2.24) is 42.2 Å². The van der Waals surface area contributed by atoms with E-state index in [1.165, 1.54) is 26.0 Å². The highest BCUT2D eigenvalue weighted by atomic mass is 35.5. The van der Waals surface area contributed by atoms with Crippen molar-refractivity contribution in [1.29, 1.82) is 0 Å². The fourth-order valence-corrected chi connectivity index (χ4v) is 9.48. The second-order valence-corrected chi connectivity index (χ2v) is 21.1. The Hall–Kier alpha value is -8.67. The van der Waals surface area contributed by atoms with E-state index in [-0.39, 0.29) is 57.2 Å². The number of phenolic OH excluding ortho intramolecular Hbond substituents is 1. The first-order valence-electron chi connectivity index (χ1n) is 27.6. The minimum absolute atomic E-state index is 0.0428. The van der Waals surface area contributed by atoms with Gasteiger partial charge in [-0.25, -0.2) is 0 Å². The van der Waals surface area contributed by atoms with Gasteiger partial charge < -0.3 is 74.7 Å². The maximum absolute atomic E-state index is 15.0. The molecule has 10 atom stereocenters. The van der Waals surface area contributed by atoms with E-state index >= 15 is 0 Å². The van der Waals surface area contributed by atoms with Crippen LogP contribution < -0.4 is 54.4 Å². The number of aromatic hydroxyl groups is 1. The average molecular weight is 1170 g/mol. The minimum Gasteiger partial charge on any atom is -0.508 e. The van der Waals surface area contributed by atoms with Crippen LogP contribution in [0.1, 0.15) is 60.9 Å². The van der Waals surface area contributed by atoms with E-state index in [4.69, 9.17) is 28.8 Å². The van der Waals surface area contributed by atoms with Crippen LogP contribution in [-0.4, -0.2) is 135 Å². The number of phenols is 1. The number of hydrogen-bond donors (Lipinski definition) is 14. The number of carbonyl (C=O) groups excluding carboxylic acids is 8. The van der Waals surface area contributed by atoms with Crippen LogP contribution in [-0.2, 0) is 70.5 Å². The number of aromatic nitrogens is 1. The van der Waals surface area contributed by atoms with E-state index in [0.717, 1.165) is 5.56 Å². The minimum atomic E-state index is -1.74. The molecule has 0 saturated carbocycles. The number of amides is 8. The third kappa shape index (κ3) is 19.5. The lowest BCUT2D eigenvalue weighted by molar-refractivity contribution is -0.137. The Morgan fingerprint density at radius 2 is 0.905 bits per heavy atom. The standard InChI is InChI=1S/C61H74ClN11O11/c1-35(74)52(54(65)77)72-60(83)50(30-38-15-7-4-8-16-38)71-61(84)53(36(2)75)73-56(79)47(19-11-12-28-63)67-59(82)51(33-41-34-66-46-18-10-9-17-44(41)46)70-58(81)49(32-40-22-26-43(76)27-23-40)69-57(80)48(31-39-20-24-42(62)25-21-39)68-55(78)45(64)29-37-13-5-3-6-14-37/h3-10,13-18,20-27,34-36,45,47-53,66,74-76H,11-12,19,28-33,63-64H2,1-2H3,(H2,65,77)(H,67,82)(H,68,78)(H,69,80)(H,70,81)(H,71,84)(H,72,83)(H,73,79)/t35-,36-,45-,47+,48+,49+,50+,51-,52+,53+/m1/s1. The maximum Gasteiger partial charge on any atom is 0.245 e. The zero-order valence-corrected chi connectivity index (χ0v) is 47.4. The van der Waals surface area contributed by atoms with Crippen LogP contribution in [0.3, 0.4) is 0 Å². The fraction of sp³-hybridized carbons (Fsp3) is 0.344. The summed E-state index contributed by atoms with van der Waals surface area (Å²) < 4.78 is 0. The summed E-state index contributed by atoms with van der Waals surface area (Å²) in [5.41, 5.74) is 21.4. The van der Waals surface area contributed by atoms with Crippen molar-refractivity contribution in [3.8, 4) is 5.75 Å². The van der Waals surface area contributed by atoms with Gasteiger partial charge in [0, 0.05) is 47.8 Å². The predicted octanol–water partition coefficient (Wildman–Crippen LogP) is 1.14. The van der Waals surface area contributed by atoms with Crippen LogP contribution >= 0.6 is 11.6 Å². The molecule has 5 aromatic carbocycles. The number of benzene rings is 5. The van der Waals surface area contributed by atoms with E-state index < -0.39 is 108 Å². The SMILES string of the molecule is C[C@@H](O)[C@H](NC(=O)[C@H](Cc1ccccc1)NC(=O)[C@@H](NC(=O)[C@H](CCCCN)NC(=O)[C@@H](Cc1c[nH]c2ccccc12)NC(=O)[C@H](Cc1ccc(O)cc1)NC(=O)[C@H](Cc1ccc(Cl)cc1)NC(=O)[C@H](N)Cc1ccccc1)[C@@H](C)O)C(N)=O. The first-order valence-corrected chi connectivity index (χ1v) is 28.0. The summed E-state index contributed by atoms with van der Waals surface area (Å²) in [5.74, 6) is -7.10. The summed E-state index contributed by atoms with van der Waals surface area (Å²) in [6.45, 7) is 2.69. The first-order chi connectivity index (χ1) is 40.2. The van der Waals surface area contributed by atoms with Crippen LogP contribution in [0.15, 0.2) is 140 Å². The summed E-state index contributed by atoms with van der Waals surface area (Å²) in [5, 5.41) is 51.1. The number of aliphatic hydroxyl groups is 2. The molecule has 8 amide bonds. The van der Waals surface area contributed by atoms with Crippen molar-refractivity contribution in [2.75, 3.05) is 6.54 Å². The zero-order chi connectivity index (χ0) is 60.9. The molecule has 23 heteroatoms. The molecule has 0 aliphatic carbocycles. The summed E-state index contributed by atoms with van der Waals surface area (Å²) >= 11 is 6.19. The number of para-hydroxylation sites is 1. The number of nitrogens with one attached hydrogen (secondary N) is 8. The summed E-state index contributed by atoms with van der Waals surface area (Å²) in [4.78, 5) is 116. The Morgan fingerprint density at radius 1 is 0.488 bits per heavy atom. The molecule has 0 saturated heterocycles. The van der Waals surface area contributed by atoms with E-state index in [1.807, 2.05) is 48.5 Å². The second-order valence-electron chi connectivity index (χ2n) is 20.7. The van der Waals surface area contributed by atoms with Crippen molar-refractivity contribution in [3.05, 3.63) is 172 Å². The molecule has 1 heterocycles. The Kier molecular flexibility index (Phi) is 24.3. The Bertz CT molecular complexity index is 3170. The van der Waals surface area contributed by atoms with Crippen LogP contribution in [0.2, 0.25) is 5.02 Å². The normalized spacial score (nSPS) is 14.8. The highest BCUT2D eigenvalue weighted by molar-refractivity contribution is 6.30. The summed E-state index contributed by atoms with van der Waals surface area (Å²) in [6, 6.07) is 25.9. The highest BCUT2D eigenvalue weighted by Gasteiger charge is 2.37. The van der Waals surface area contributed by atoms with Crippen molar-refractivity contribution in [2.24, 2.45) is 17.2 Å². The topological polar surface area (TPSA) is 375 Å². The van der Waals surface area contributed by atoms with Gasteiger partial charge in [-0.1, -0.05) is 115 Å². The lowest BCUT2D eigenvalue weighted by Gasteiger charge is -2.29. The number of halogens is 1. The van der Waals surface area contributed by atoms with Gasteiger partial charge in [0.1, 0.15) is 48.0 Å². The van der Waals surface area contributed by atoms with Crippen LogP contribution in [0.25, 0.3) is 10.9 Å². The fourth-order valence-electron chi connectivity index (χ4n) is 9.35. The monoisotopic (exact) mass is 1170 g/mol. The predicted molar refractivity (Wildman–Crippen MR) is 316 cm³/mol. The van der Waals surface area contributed by atoms with Crippen LogP contribution in [0, 0.1) is 0 Å². The number of rotatable bonds is 31. The van der Waals surface area contributed by atoms with Gasteiger partial charge in [-0.2, -0.15) is 0 Å². The number of aromatic amines is 1. The highest BCUT2D eigenvalue weighted by Crippen LogP contribution is 2.21. The van der Waals surface area contributed by atoms with Gasteiger partial charge in [0.15, 0.2) is 0 Å². The quantitative estimate of drug-likeness (QED) is 0.0272. The molecule has 0 radical (unpaired) electrons. The van der Waals surface area contributed by atoms with Gasteiger partial charge in [0.05, 0.1) is 18.2 Å². The van der Waals surface area contributed by atoms with Gasteiger partial charge in [-0.05, 0) is 104 Å².